The maximum atomic E-state index is 12.1. The maximum absolute atomic E-state index is 12.1. The molecule has 1 fully saturated rings. The van der Waals surface area contributed by atoms with Crippen molar-refractivity contribution in [1.29, 1.82) is 0 Å². The number of urea groups is 1. The van der Waals surface area contributed by atoms with Gasteiger partial charge in [-0.15, -0.1) is 0 Å². The zero-order chi connectivity index (χ0) is 18.4. The minimum absolute atomic E-state index is 0.283. The Kier molecular flexibility index (Phi) is 5.88. The van der Waals surface area contributed by atoms with Crippen LogP contribution in [0.4, 0.5) is 16.4 Å². The molecule has 2 aromatic rings. The van der Waals surface area contributed by atoms with Crippen LogP contribution in [-0.4, -0.2) is 36.2 Å². The van der Waals surface area contributed by atoms with Crippen LogP contribution in [0, 0.1) is 6.92 Å². The Morgan fingerprint density at radius 2 is 2.00 bits per heavy atom. The molecule has 138 valence electrons. The van der Waals surface area contributed by atoms with Gasteiger partial charge < -0.3 is 20.3 Å². The Morgan fingerprint density at radius 3 is 2.77 bits per heavy atom. The van der Waals surface area contributed by atoms with Gasteiger partial charge in [0.1, 0.15) is 5.75 Å². The van der Waals surface area contributed by atoms with Crippen LogP contribution in [0.3, 0.4) is 0 Å². The highest BCUT2D eigenvalue weighted by atomic mass is 16.5. The van der Waals surface area contributed by atoms with Crippen molar-refractivity contribution in [3.63, 3.8) is 0 Å². The standard InChI is InChI=1S/C19H25N5O2/c1-14-11-16(22-18(21-14)24-9-4-3-5-10-24)13-20-19(25)23-15-7-6-8-17(12-15)26-2/h6-8,11-12H,3-5,9-10,13H2,1-2H3,(H2,20,23,25). The van der Waals surface area contributed by atoms with Gasteiger partial charge in [-0.05, 0) is 44.4 Å². The number of methoxy groups -OCH3 is 1. The van der Waals surface area contributed by atoms with Gasteiger partial charge in [0.05, 0.1) is 19.3 Å². The second kappa shape index (κ2) is 8.51. The third kappa shape index (κ3) is 4.84. The van der Waals surface area contributed by atoms with Crippen LogP contribution >= 0.6 is 0 Å². The molecular formula is C19H25N5O2. The van der Waals surface area contributed by atoms with Crippen molar-refractivity contribution in [2.24, 2.45) is 0 Å². The van der Waals surface area contributed by atoms with Crippen LogP contribution in [0.15, 0.2) is 30.3 Å². The van der Waals surface area contributed by atoms with Crippen LogP contribution in [0.5, 0.6) is 5.75 Å². The van der Waals surface area contributed by atoms with Crippen molar-refractivity contribution in [3.05, 3.63) is 41.7 Å². The van der Waals surface area contributed by atoms with Gasteiger partial charge in [0, 0.05) is 30.5 Å². The van der Waals surface area contributed by atoms with Crippen LogP contribution < -0.4 is 20.3 Å². The van der Waals surface area contributed by atoms with Crippen molar-refractivity contribution in [2.75, 3.05) is 30.4 Å². The molecule has 2 heterocycles. The van der Waals surface area contributed by atoms with Crippen LogP contribution in [-0.2, 0) is 6.54 Å². The fourth-order valence-corrected chi connectivity index (χ4v) is 2.99. The molecule has 7 heteroatoms. The number of benzene rings is 1. The van der Waals surface area contributed by atoms with Crippen molar-refractivity contribution in [3.8, 4) is 5.75 Å². The Hall–Kier alpha value is -2.83. The molecule has 2 N–H and O–H groups in total. The van der Waals surface area contributed by atoms with Gasteiger partial charge in [-0.1, -0.05) is 6.07 Å². The highest BCUT2D eigenvalue weighted by Crippen LogP contribution is 2.18. The summed E-state index contributed by atoms with van der Waals surface area (Å²) < 4.78 is 5.16. The number of hydrogen-bond donors (Lipinski definition) is 2. The number of ether oxygens (including phenoxy) is 1. The van der Waals surface area contributed by atoms with Gasteiger partial charge in [-0.2, -0.15) is 0 Å². The Labute approximate surface area is 153 Å². The molecule has 26 heavy (non-hydrogen) atoms. The van der Waals surface area contributed by atoms with Crippen LogP contribution in [0.25, 0.3) is 0 Å². The number of carbonyl (C=O) groups excluding carboxylic acids is 1. The zero-order valence-electron chi connectivity index (χ0n) is 15.3. The first kappa shape index (κ1) is 18.0. The summed E-state index contributed by atoms with van der Waals surface area (Å²) in [6.45, 7) is 4.29. The number of aryl methyl sites for hydroxylation is 1. The van der Waals surface area contributed by atoms with Crippen molar-refractivity contribution < 1.29 is 9.53 Å². The van der Waals surface area contributed by atoms with E-state index >= 15 is 0 Å². The molecule has 1 aromatic carbocycles. The number of rotatable bonds is 5. The SMILES string of the molecule is COc1cccc(NC(=O)NCc2cc(C)nc(N3CCCCC3)n2)c1. The fraction of sp³-hybridized carbons (Fsp3) is 0.421. The molecule has 1 aliphatic rings. The molecule has 0 radical (unpaired) electrons. The first-order chi connectivity index (χ1) is 12.6. The average Bonchev–Trinajstić information content (AvgIpc) is 2.67. The highest BCUT2D eigenvalue weighted by molar-refractivity contribution is 5.89. The van der Waals surface area contributed by atoms with Gasteiger partial charge >= 0.3 is 6.03 Å². The molecule has 1 aliphatic heterocycles. The number of amides is 2. The predicted molar refractivity (Wildman–Crippen MR) is 102 cm³/mol. The average molecular weight is 355 g/mol. The molecule has 0 aliphatic carbocycles. The molecule has 0 bridgehead atoms. The van der Waals surface area contributed by atoms with Crippen molar-refractivity contribution >= 4 is 17.7 Å². The van der Waals surface area contributed by atoms with E-state index in [1.54, 1.807) is 13.2 Å². The third-order valence-electron chi connectivity index (χ3n) is 4.29. The Balaban J connectivity index is 1.59. The van der Waals surface area contributed by atoms with E-state index in [-0.39, 0.29) is 6.03 Å². The Bertz CT molecular complexity index is 759. The summed E-state index contributed by atoms with van der Waals surface area (Å²) in [6.07, 6.45) is 3.61. The van der Waals surface area contributed by atoms with E-state index in [2.05, 4.69) is 25.5 Å². The molecule has 0 spiro atoms. The lowest BCUT2D eigenvalue weighted by atomic mass is 10.1. The molecule has 3 rings (SSSR count). The molecule has 2 amide bonds. The van der Waals surface area contributed by atoms with Crippen molar-refractivity contribution in [1.82, 2.24) is 15.3 Å². The predicted octanol–water partition coefficient (Wildman–Crippen LogP) is 3.11. The van der Waals surface area contributed by atoms with E-state index < -0.39 is 0 Å². The minimum atomic E-state index is -0.283. The second-order valence-electron chi connectivity index (χ2n) is 6.39. The van der Waals surface area contributed by atoms with E-state index in [4.69, 9.17) is 4.74 Å². The van der Waals surface area contributed by atoms with Crippen LogP contribution in [0.1, 0.15) is 30.7 Å². The summed E-state index contributed by atoms with van der Waals surface area (Å²) in [4.78, 5) is 23.5. The quantitative estimate of drug-likeness (QED) is 0.861. The summed E-state index contributed by atoms with van der Waals surface area (Å²) >= 11 is 0. The summed E-state index contributed by atoms with van der Waals surface area (Å²) in [5.41, 5.74) is 2.39. The first-order valence-electron chi connectivity index (χ1n) is 8.92. The smallest absolute Gasteiger partial charge is 0.319 e. The lowest BCUT2D eigenvalue weighted by Crippen LogP contribution is -2.32. The monoisotopic (exact) mass is 355 g/mol. The molecule has 1 aromatic heterocycles. The fourth-order valence-electron chi connectivity index (χ4n) is 2.99. The molecule has 7 nitrogen and oxygen atoms in total. The number of carbonyl (C=O) groups is 1. The number of nitrogens with zero attached hydrogens (tertiary/aromatic N) is 3. The number of nitrogens with one attached hydrogen (secondary N) is 2. The maximum Gasteiger partial charge on any atom is 0.319 e. The Morgan fingerprint density at radius 1 is 1.19 bits per heavy atom. The van der Waals surface area contributed by atoms with E-state index in [0.29, 0.717) is 18.0 Å². The van der Waals surface area contributed by atoms with E-state index in [9.17, 15) is 4.79 Å². The normalized spacial score (nSPS) is 14.0. The largest absolute Gasteiger partial charge is 0.497 e. The number of aromatic nitrogens is 2. The summed E-state index contributed by atoms with van der Waals surface area (Å²) in [7, 11) is 1.59. The molecular weight excluding hydrogens is 330 g/mol. The van der Waals surface area contributed by atoms with Gasteiger partial charge in [-0.3, -0.25) is 0 Å². The first-order valence-corrected chi connectivity index (χ1v) is 8.92. The summed E-state index contributed by atoms with van der Waals surface area (Å²) in [6, 6.07) is 8.85. The van der Waals surface area contributed by atoms with E-state index in [0.717, 1.165) is 30.4 Å². The molecule has 1 saturated heterocycles. The molecule has 0 atom stereocenters. The van der Waals surface area contributed by atoms with Crippen LogP contribution in [0.2, 0.25) is 0 Å². The van der Waals surface area contributed by atoms with Gasteiger partial charge in [0.2, 0.25) is 5.95 Å². The zero-order valence-corrected chi connectivity index (χ0v) is 15.3. The van der Waals surface area contributed by atoms with Crippen molar-refractivity contribution in [2.45, 2.75) is 32.7 Å². The summed E-state index contributed by atoms with van der Waals surface area (Å²) in [5, 5.41) is 5.64. The molecule has 0 saturated carbocycles. The van der Waals surface area contributed by atoms with E-state index in [1.165, 1.54) is 19.3 Å². The lowest BCUT2D eigenvalue weighted by molar-refractivity contribution is 0.251. The summed E-state index contributed by atoms with van der Waals surface area (Å²) in [5.74, 6) is 1.45. The number of piperidine rings is 1. The molecule has 0 unspecified atom stereocenters. The number of hydrogen-bond acceptors (Lipinski definition) is 5. The van der Waals surface area contributed by atoms with Gasteiger partial charge in [0.15, 0.2) is 0 Å². The van der Waals surface area contributed by atoms with Gasteiger partial charge in [0.25, 0.3) is 0 Å². The highest BCUT2D eigenvalue weighted by Gasteiger charge is 2.15. The second-order valence-corrected chi connectivity index (χ2v) is 6.39. The third-order valence-corrected chi connectivity index (χ3v) is 4.29. The van der Waals surface area contributed by atoms with E-state index in [1.807, 2.05) is 31.2 Å². The minimum Gasteiger partial charge on any atom is -0.497 e. The number of anilines is 2. The topological polar surface area (TPSA) is 79.4 Å². The lowest BCUT2D eigenvalue weighted by Gasteiger charge is -2.27. The van der Waals surface area contributed by atoms with Gasteiger partial charge in [-0.25, -0.2) is 14.8 Å².